The lowest BCUT2D eigenvalue weighted by atomic mass is 10.0. The summed E-state index contributed by atoms with van der Waals surface area (Å²) in [6, 6.07) is 8.99. The van der Waals surface area contributed by atoms with E-state index in [2.05, 4.69) is 58.0 Å². The summed E-state index contributed by atoms with van der Waals surface area (Å²) in [6.45, 7) is 9.01. The molecule has 1 aromatic heterocycles. The van der Waals surface area contributed by atoms with Gasteiger partial charge in [0.1, 0.15) is 0 Å². The molecule has 2 rings (SSSR count). The minimum absolute atomic E-state index is 0.598. The Bertz CT molecular complexity index is 558. The van der Waals surface area contributed by atoms with Crippen molar-refractivity contribution < 1.29 is 0 Å². The lowest BCUT2D eigenvalue weighted by Gasteiger charge is -2.05. The molecule has 0 aliphatic rings. The van der Waals surface area contributed by atoms with Gasteiger partial charge in [-0.05, 0) is 42.4 Å². The first kappa shape index (κ1) is 13.4. The Balaban J connectivity index is 2.44. The molecular formula is C17H22S. The van der Waals surface area contributed by atoms with Crippen molar-refractivity contribution in [2.24, 2.45) is 0 Å². The van der Waals surface area contributed by atoms with Crippen LogP contribution in [0, 0.1) is 0 Å². The lowest BCUT2D eigenvalue weighted by molar-refractivity contribution is 0.878. The van der Waals surface area contributed by atoms with Crippen molar-refractivity contribution in [2.45, 2.75) is 46.5 Å². The van der Waals surface area contributed by atoms with Gasteiger partial charge in [0, 0.05) is 9.58 Å². The van der Waals surface area contributed by atoms with Crippen molar-refractivity contribution >= 4 is 27.5 Å². The van der Waals surface area contributed by atoms with Gasteiger partial charge in [0.05, 0.1) is 0 Å². The zero-order chi connectivity index (χ0) is 13.1. The third-order valence-electron chi connectivity index (χ3n) is 3.25. The number of hydrogen-bond donors (Lipinski definition) is 0. The minimum atomic E-state index is 0.598. The highest BCUT2D eigenvalue weighted by Gasteiger charge is 2.07. The molecular weight excluding hydrogens is 236 g/mol. The molecule has 0 amide bonds. The van der Waals surface area contributed by atoms with Gasteiger partial charge in [0.2, 0.25) is 0 Å². The van der Waals surface area contributed by atoms with Gasteiger partial charge in [0.15, 0.2) is 0 Å². The molecule has 0 spiro atoms. The molecule has 0 N–H and O–H groups in total. The summed E-state index contributed by atoms with van der Waals surface area (Å²) in [4.78, 5) is 1.39. The summed E-state index contributed by atoms with van der Waals surface area (Å²) >= 11 is 1.93. The maximum Gasteiger partial charge on any atom is 0.0383 e. The van der Waals surface area contributed by atoms with Gasteiger partial charge in [-0.25, -0.2) is 0 Å². The van der Waals surface area contributed by atoms with E-state index >= 15 is 0 Å². The molecule has 18 heavy (non-hydrogen) atoms. The van der Waals surface area contributed by atoms with Crippen LogP contribution in [0.3, 0.4) is 0 Å². The molecule has 0 bridgehead atoms. The molecule has 0 nitrogen and oxygen atoms in total. The van der Waals surface area contributed by atoms with Crippen molar-refractivity contribution in [1.82, 2.24) is 0 Å². The fraction of sp³-hybridized carbons (Fsp3) is 0.412. The number of rotatable bonds is 4. The van der Waals surface area contributed by atoms with Crippen molar-refractivity contribution in [3.8, 4) is 0 Å². The molecule has 0 fully saturated rings. The first-order chi connectivity index (χ1) is 8.61. The first-order valence-corrected chi connectivity index (χ1v) is 7.63. The smallest absolute Gasteiger partial charge is 0.0383 e. The fourth-order valence-corrected chi connectivity index (χ4v) is 3.69. The minimum Gasteiger partial charge on any atom is -0.136 e. The van der Waals surface area contributed by atoms with Crippen LogP contribution in [-0.4, -0.2) is 0 Å². The molecule has 96 valence electrons. The predicted octanol–water partition coefficient (Wildman–Crippen LogP) is 6.23. The maximum absolute atomic E-state index is 2.35. The third kappa shape index (κ3) is 2.84. The molecule has 1 heterocycles. The molecule has 0 aliphatic carbocycles. The average Bonchev–Trinajstić information content (AvgIpc) is 2.70. The number of hydrogen-bond acceptors (Lipinski definition) is 1. The quantitative estimate of drug-likeness (QED) is 0.610. The Morgan fingerprint density at radius 2 is 2.11 bits per heavy atom. The summed E-state index contributed by atoms with van der Waals surface area (Å²) in [5, 5.41) is 1.39. The highest BCUT2D eigenvalue weighted by molar-refractivity contribution is 7.20. The molecule has 2 aromatic rings. The Morgan fingerprint density at radius 1 is 1.33 bits per heavy atom. The van der Waals surface area contributed by atoms with Gasteiger partial charge in [-0.2, -0.15) is 0 Å². The van der Waals surface area contributed by atoms with Crippen molar-refractivity contribution in [3.63, 3.8) is 0 Å². The summed E-state index contributed by atoms with van der Waals surface area (Å²) < 4.78 is 1.46. The van der Waals surface area contributed by atoms with Crippen molar-refractivity contribution in [1.29, 1.82) is 0 Å². The number of fused-ring (bicyclic) bond motifs is 1. The zero-order valence-electron chi connectivity index (χ0n) is 11.8. The maximum atomic E-state index is 2.35. The normalized spacial score (nSPS) is 12.6. The van der Waals surface area contributed by atoms with Crippen LogP contribution in [0.5, 0.6) is 0 Å². The molecule has 0 saturated carbocycles. The molecule has 1 heteroatoms. The van der Waals surface area contributed by atoms with Crippen LogP contribution in [0.15, 0.2) is 29.8 Å². The second kappa shape index (κ2) is 5.71. The second-order valence-electron chi connectivity index (χ2n) is 5.31. The van der Waals surface area contributed by atoms with E-state index in [1.807, 2.05) is 11.3 Å². The van der Waals surface area contributed by atoms with E-state index in [0.717, 1.165) is 0 Å². The van der Waals surface area contributed by atoms with Gasteiger partial charge in [-0.1, -0.05) is 51.0 Å². The Hall–Kier alpha value is -1.08. The van der Waals surface area contributed by atoms with E-state index in [0.29, 0.717) is 5.92 Å². The van der Waals surface area contributed by atoms with Crippen LogP contribution in [0.1, 0.15) is 56.9 Å². The Kier molecular flexibility index (Phi) is 4.23. The van der Waals surface area contributed by atoms with Gasteiger partial charge in [-0.3, -0.25) is 0 Å². The van der Waals surface area contributed by atoms with Crippen LogP contribution in [-0.2, 0) is 0 Å². The predicted molar refractivity (Wildman–Crippen MR) is 84.5 cm³/mol. The van der Waals surface area contributed by atoms with Crippen molar-refractivity contribution in [3.05, 3.63) is 40.3 Å². The average molecular weight is 258 g/mol. The number of thiophene rings is 1. The van der Waals surface area contributed by atoms with E-state index in [9.17, 15) is 0 Å². The van der Waals surface area contributed by atoms with E-state index in [1.54, 1.807) is 0 Å². The Morgan fingerprint density at radius 3 is 2.78 bits per heavy atom. The molecule has 0 unspecified atom stereocenters. The largest absolute Gasteiger partial charge is 0.136 e. The van der Waals surface area contributed by atoms with Gasteiger partial charge >= 0.3 is 0 Å². The summed E-state index contributed by atoms with van der Waals surface area (Å²) in [6.07, 6.45) is 4.77. The van der Waals surface area contributed by atoms with Crippen molar-refractivity contribution in [2.75, 3.05) is 0 Å². The van der Waals surface area contributed by atoms with Crippen LogP contribution >= 0.6 is 11.3 Å². The second-order valence-corrected chi connectivity index (χ2v) is 6.39. The van der Waals surface area contributed by atoms with Crippen LogP contribution in [0.4, 0.5) is 0 Å². The van der Waals surface area contributed by atoms with E-state index in [4.69, 9.17) is 0 Å². The fourth-order valence-electron chi connectivity index (χ4n) is 2.34. The molecule has 1 aromatic carbocycles. The van der Waals surface area contributed by atoms with E-state index in [-0.39, 0.29) is 0 Å². The molecule has 0 atom stereocenters. The molecule has 0 radical (unpaired) electrons. The topological polar surface area (TPSA) is 0 Å². The summed E-state index contributed by atoms with van der Waals surface area (Å²) in [7, 11) is 0. The number of benzene rings is 1. The zero-order valence-corrected chi connectivity index (χ0v) is 12.6. The lowest BCUT2D eigenvalue weighted by Crippen LogP contribution is -1.85. The van der Waals surface area contributed by atoms with Crippen LogP contribution < -0.4 is 0 Å². The first-order valence-electron chi connectivity index (χ1n) is 6.81. The third-order valence-corrected chi connectivity index (χ3v) is 4.40. The number of allylic oxidation sites excluding steroid dienone is 1. The molecule has 0 aliphatic heterocycles. The Labute approximate surface area is 114 Å². The molecule has 0 saturated heterocycles. The highest BCUT2D eigenvalue weighted by Crippen LogP contribution is 2.33. The van der Waals surface area contributed by atoms with Crippen LogP contribution in [0.2, 0.25) is 0 Å². The van der Waals surface area contributed by atoms with Gasteiger partial charge in [0.25, 0.3) is 0 Å². The highest BCUT2D eigenvalue weighted by atomic mass is 32.1. The standard InChI is InChI=1S/C17H22S/c1-5-7-13(4)10-15-11-14-8-6-9-16(12(2)3)17(14)18-15/h6,8-12H,5,7H2,1-4H3/b13-10-. The SMILES string of the molecule is CCC/C(C)=C\c1cc2cccc(C(C)C)c2s1. The van der Waals surface area contributed by atoms with Gasteiger partial charge < -0.3 is 0 Å². The van der Waals surface area contributed by atoms with E-state index < -0.39 is 0 Å². The monoisotopic (exact) mass is 258 g/mol. The summed E-state index contributed by atoms with van der Waals surface area (Å²) in [5.74, 6) is 0.598. The van der Waals surface area contributed by atoms with Gasteiger partial charge in [-0.15, -0.1) is 11.3 Å². The van der Waals surface area contributed by atoms with E-state index in [1.165, 1.54) is 38.9 Å². The summed E-state index contributed by atoms with van der Waals surface area (Å²) in [5.41, 5.74) is 2.96. The van der Waals surface area contributed by atoms with Crippen LogP contribution in [0.25, 0.3) is 16.2 Å².